The number of benzene rings is 2. The van der Waals surface area contributed by atoms with Crippen molar-refractivity contribution in [2.45, 2.75) is 6.92 Å². The summed E-state index contributed by atoms with van der Waals surface area (Å²) < 4.78 is 15.6. The number of nitrogens with one attached hydrogen (secondary N) is 1. The lowest BCUT2D eigenvalue weighted by atomic mass is 10.2. The molecule has 3 aromatic rings. The Hall–Kier alpha value is -1.66. The Kier molecular flexibility index (Phi) is 3.35. The second-order valence-electron chi connectivity index (χ2n) is 4.39. The molecule has 0 aliphatic heterocycles. The summed E-state index contributed by atoms with van der Waals surface area (Å²) in [6, 6.07) is 8.42. The molecule has 6 heteroatoms. The standard InChI is InChI=1S/C14H11BrFN3S/c1-7-18-13-6-12(10(17)5-14(13)20-7)19-11-4-8(15)2-3-9(11)16/h2-6,19H,17H2,1H3. The van der Waals surface area contributed by atoms with E-state index in [0.717, 1.165) is 19.7 Å². The number of nitrogens with zero attached hydrogens (tertiary/aromatic N) is 1. The number of nitrogen functional groups attached to an aromatic ring is 1. The zero-order valence-corrected chi connectivity index (χ0v) is 13.0. The molecule has 2 aromatic carbocycles. The lowest BCUT2D eigenvalue weighted by Crippen LogP contribution is -1.98. The normalized spacial score (nSPS) is 10.9. The smallest absolute Gasteiger partial charge is 0.146 e. The van der Waals surface area contributed by atoms with Gasteiger partial charge in [0.1, 0.15) is 5.82 Å². The van der Waals surface area contributed by atoms with Crippen LogP contribution in [0.15, 0.2) is 34.8 Å². The first-order valence-corrected chi connectivity index (χ1v) is 7.52. The number of anilines is 3. The summed E-state index contributed by atoms with van der Waals surface area (Å²) in [4.78, 5) is 4.42. The van der Waals surface area contributed by atoms with Crippen LogP contribution < -0.4 is 11.1 Å². The van der Waals surface area contributed by atoms with Crippen LogP contribution in [0.3, 0.4) is 0 Å². The summed E-state index contributed by atoms with van der Waals surface area (Å²) in [6.07, 6.45) is 0. The highest BCUT2D eigenvalue weighted by Gasteiger charge is 2.09. The summed E-state index contributed by atoms with van der Waals surface area (Å²) in [7, 11) is 0. The third-order valence-electron chi connectivity index (χ3n) is 2.86. The van der Waals surface area contributed by atoms with Crippen molar-refractivity contribution >= 4 is 54.5 Å². The SMILES string of the molecule is Cc1nc2cc(Nc3cc(Br)ccc3F)c(N)cc2s1. The van der Waals surface area contributed by atoms with E-state index in [0.29, 0.717) is 17.1 Å². The van der Waals surface area contributed by atoms with Gasteiger partial charge < -0.3 is 11.1 Å². The molecule has 3 N–H and O–H groups in total. The van der Waals surface area contributed by atoms with E-state index in [9.17, 15) is 4.39 Å². The maximum Gasteiger partial charge on any atom is 0.146 e. The van der Waals surface area contributed by atoms with E-state index < -0.39 is 0 Å². The minimum atomic E-state index is -0.331. The molecule has 3 nitrogen and oxygen atoms in total. The van der Waals surface area contributed by atoms with Gasteiger partial charge in [-0.2, -0.15) is 0 Å². The zero-order valence-electron chi connectivity index (χ0n) is 10.6. The molecule has 0 fully saturated rings. The Bertz CT molecular complexity index is 800. The quantitative estimate of drug-likeness (QED) is 0.650. The van der Waals surface area contributed by atoms with Crippen LogP contribution in [0.25, 0.3) is 10.2 Å². The van der Waals surface area contributed by atoms with Crippen LogP contribution in [0.2, 0.25) is 0 Å². The Morgan fingerprint density at radius 2 is 2.05 bits per heavy atom. The molecule has 1 aromatic heterocycles. The van der Waals surface area contributed by atoms with Crippen molar-refractivity contribution in [3.63, 3.8) is 0 Å². The Morgan fingerprint density at radius 3 is 2.85 bits per heavy atom. The lowest BCUT2D eigenvalue weighted by molar-refractivity contribution is 0.631. The fourth-order valence-corrected chi connectivity index (χ4v) is 3.17. The molecule has 0 atom stereocenters. The van der Waals surface area contributed by atoms with Gasteiger partial charge in [-0.25, -0.2) is 9.37 Å². The molecule has 0 spiro atoms. The summed E-state index contributed by atoms with van der Waals surface area (Å²) in [5.74, 6) is -0.331. The lowest BCUT2D eigenvalue weighted by Gasteiger charge is -2.10. The molecular formula is C14H11BrFN3S. The Balaban J connectivity index is 2.05. The number of nitrogens with two attached hydrogens (primary N) is 1. The van der Waals surface area contributed by atoms with Crippen LogP contribution in [0.1, 0.15) is 5.01 Å². The molecule has 0 unspecified atom stereocenters. The van der Waals surface area contributed by atoms with Crippen molar-refractivity contribution in [1.29, 1.82) is 0 Å². The molecule has 0 aliphatic rings. The molecule has 1 heterocycles. The predicted molar refractivity (Wildman–Crippen MR) is 86.2 cm³/mol. The van der Waals surface area contributed by atoms with Gasteiger partial charge in [0.2, 0.25) is 0 Å². The number of fused-ring (bicyclic) bond motifs is 1. The maximum absolute atomic E-state index is 13.8. The maximum atomic E-state index is 13.8. The first-order valence-electron chi connectivity index (χ1n) is 5.91. The first kappa shape index (κ1) is 13.3. The highest BCUT2D eigenvalue weighted by atomic mass is 79.9. The third kappa shape index (κ3) is 2.48. The molecule has 102 valence electrons. The van der Waals surface area contributed by atoms with Crippen LogP contribution >= 0.6 is 27.3 Å². The van der Waals surface area contributed by atoms with Gasteiger partial charge in [-0.15, -0.1) is 11.3 Å². The molecular weight excluding hydrogens is 341 g/mol. The molecule has 0 saturated carbocycles. The summed E-state index contributed by atoms with van der Waals surface area (Å²) in [5, 5.41) is 3.99. The van der Waals surface area contributed by atoms with Gasteiger partial charge in [0.15, 0.2) is 0 Å². The highest BCUT2D eigenvalue weighted by Crippen LogP contribution is 2.32. The first-order chi connectivity index (χ1) is 9.52. The van der Waals surface area contributed by atoms with Crippen LogP contribution in [0, 0.1) is 12.7 Å². The monoisotopic (exact) mass is 351 g/mol. The average Bonchev–Trinajstić information content (AvgIpc) is 2.73. The van der Waals surface area contributed by atoms with Crippen molar-refractivity contribution < 1.29 is 4.39 Å². The predicted octanol–water partition coefficient (Wildman–Crippen LogP) is 4.83. The van der Waals surface area contributed by atoms with Gasteiger partial charge in [0, 0.05) is 4.47 Å². The van der Waals surface area contributed by atoms with Crippen molar-refractivity contribution in [2.24, 2.45) is 0 Å². The fourth-order valence-electron chi connectivity index (χ4n) is 1.95. The minimum absolute atomic E-state index is 0.331. The van der Waals surface area contributed by atoms with Crippen molar-refractivity contribution in [2.75, 3.05) is 11.1 Å². The molecule has 0 aliphatic carbocycles. The third-order valence-corrected chi connectivity index (χ3v) is 4.29. The van der Waals surface area contributed by atoms with Gasteiger partial charge in [-0.05, 0) is 37.3 Å². The minimum Gasteiger partial charge on any atom is -0.397 e. The van der Waals surface area contributed by atoms with E-state index >= 15 is 0 Å². The molecule has 20 heavy (non-hydrogen) atoms. The molecule has 3 rings (SSSR count). The van der Waals surface area contributed by atoms with Crippen LogP contribution in [0.5, 0.6) is 0 Å². The molecule has 0 bridgehead atoms. The van der Waals surface area contributed by atoms with Crippen LogP contribution in [-0.4, -0.2) is 4.98 Å². The second kappa shape index (κ2) is 5.03. The van der Waals surface area contributed by atoms with Crippen molar-refractivity contribution in [3.05, 3.63) is 45.6 Å². The molecule has 0 radical (unpaired) electrons. The van der Waals surface area contributed by atoms with Gasteiger partial charge in [-0.3, -0.25) is 0 Å². The largest absolute Gasteiger partial charge is 0.397 e. The number of aromatic nitrogens is 1. The summed E-state index contributed by atoms with van der Waals surface area (Å²) in [5.41, 5.74) is 8.47. The van der Waals surface area contributed by atoms with Crippen molar-refractivity contribution in [3.8, 4) is 0 Å². The topological polar surface area (TPSA) is 50.9 Å². The number of halogens is 2. The fraction of sp³-hybridized carbons (Fsp3) is 0.0714. The van der Waals surface area contributed by atoms with E-state index in [-0.39, 0.29) is 5.82 Å². The number of rotatable bonds is 2. The van der Waals surface area contributed by atoms with E-state index in [2.05, 4.69) is 26.2 Å². The van der Waals surface area contributed by atoms with Crippen LogP contribution in [0.4, 0.5) is 21.5 Å². The highest BCUT2D eigenvalue weighted by molar-refractivity contribution is 9.10. The summed E-state index contributed by atoms with van der Waals surface area (Å²) in [6.45, 7) is 1.95. The Labute approximate surface area is 127 Å². The number of aryl methyl sites for hydroxylation is 1. The van der Waals surface area contributed by atoms with E-state index in [1.807, 2.05) is 19.1 Å². The van der Waals surface area contributed by atoms with E-state index in [4.69, 9.17) is 5.73 Å². The number of hydrogen-bond acceptors (Lipinski definition) is 4. The molecule has 0 amide bonds. The van der Waals surface area contributed by atoms with Gasteiger partial charge in [0.05, 0.1) is 32.3 Å². The molecule has 0 saturated heterocycles. The zero-order chi connectivity index (χ0) is 14.3. The second-order valence-corrected chi connectivity index (χ2v) is 6.54. The average molecular weight is 352 g/mol. The Morgan fingerprint density at radius 1 is 1.25 bits per heavy atom. The van der Waals surface area contributed by atoms with Crippen LogP contribution in [-0.2, 0) is 0 Å². The van der Waals surface area contributed by atoms with Gasteiger partial charge in [0.25, 0.3) is 0 Å². The van der Waals surface area contributed by atoms with Crippen molar-refractivity contribution in [1.82, 2.24) is 4.98 Å². The van der Waals surface area contributed by atoms with Gasteiger partial charge >= 0.3 is 0 Å². The number of hydrogen-bond donors (Lipinski definition) is 2. The summed E-state index contributed by atoms with van der Waals surface area (Å²) >= 11 is 4.91. The van der Waals surface area contributed by atoms with E-state index in [1.54, 1.807) is 23.5 Å². The number of thiazole rings is 1. The van der Waals surface area contributed by atoms with Gasteiger partial charge in [-0.1, -0.05) is 15.9 Å². The van der Waals surface area contributed by atoms with E-state index in [1.165, 1.54) is 6.07 Å².